The molecule has 2 unspecified atom stereocenters. The van der Waals surface area contributed by atoms with Gasteiger partial charge in [0.2, 0.25) is 0 Å². The van der Waals surface area contributed by atoms with Crippen molar-refractivity contribution in [1.29, 1.82) is 0 Å². The topological polar surface area (TPSA) is 105 Å². The Balaban J connectivity index is 2.69. The molecule has 8 heteroatoms. The van der Waals surface area contributed by atoms with Gasteiger partial charge in [0.25, 0.3) is 0 Å². The standard InChI is InChI=1S/C12H20N2O6/c1-3-4-14(12(18)13-5-10(15)19-2)9-7-20-6-8(9)11(16)17/h8-9H,3-7H2,1-2H3,(H,13,18)(H,16,17). The van der Waals surface area contributed by atoms with Gasteiger partial charge in [0.05, 0.1) is 26.4 Å². The lowest BCUT2D eigenvalue weighted by atomic mass is 10.0. The summed E-state index contributed by atoms with van der Waals surface area (Å²) >= 11 is 0. The summed E-state index contributed by atoms with van der Waals surface area (Å²) in [5.74, 6) is -2.30. The number of carbonyl (C=O) groups excluding carboxylic acids is 2. The lowest BCUT2D eigenvalue weighted by Crippen LogP contribution is -2.51. The van der Waals surface area contributed by atoms with Gasteiger partial charge in [-0.25, -0.2) is 4.79 Å². The summed E-state index contributed by atoms with van der Waals surface area (Å²) in [6, 6.07) is -1.01. The van der Waals surface area contributed by atoms with Crippen LogP contribution in [0.5, 0.6) is 0 Å². The van der Waals surface area contributed by atoms with Gasteiger partial charge in [-0.2, -0.15) is 0 Å². The lowest BCUT2D eigenvalue weighted by Gasteiger charge is -2.30. The van der Waals surface area contributed by atoms with E-state index >= 15 is 0 Å². The fraction of sp³-hybridized carbons (Fsp3) is 0.750. The number of rotatable bonds is 6. The third-order valence-electron chi connectivity index (χ3n) is 3.11. The Labute approximate surface area is 117 Å². The Morgan fingerprint density at radius 1 is 1.40 bits per heavy atom. The van der Waals surface area contributed by atoms with Crippen LogP contribution in [0.15, 0.2) is 0 Å². The minimum atomic E-state index is -0.991. The van der Waals surface area contributed by atoms with Gasteiger partial charge in [-0.3, -0.25) is 9.59 Å². The first kappa shape index (κ1) is 16.2. The summed E-state index contributed by atoms with van der Waals surface area (Å²) in [4.78, 5) is 35.6. The second kappa shape index (κ2) is 7.68. The first-order chi connectivity index (χ1) is 9.51. The fourth-order valence-corrected chi connectivity index (χ4v) is 2.07. The van der Waals surface area contributed by atoms with Gasteiger partial charge >= 0.3 is 18.0 Å². The van der Waals surface area contributed by atoms with E-state index in [4.69, 9.17) is 9.84 Å². The summed E-state index contributed by atoms with van der Waals surface area (Å²) in [6.07, 6.45) is 0.675. The average molecular weight is 288 g/mol. The van der Waals surface area contributed by atoms with E-state index in [9.17, 15) is 14.4 Å². The molecule has 0 saturated carbocycles. The molecule has 2 atom stereocenters. The second-order valence-corrected chi connectivity index (χ2v) is 4.48. The van der Waals surface area contributed by atoms with Crippen molar-refractivity contribution in [2.24, 2.45) is 5.92 Å². The van der Waals surface area contributed by atoms with Gasteiger partial charge in [-0.05, 0) is 6.42 Å². The summed E-state index contributed by atoms with van der Waals surface area (Å²) in [5, 5.41) is 11.5. The van der Waals surface area contributed by atoms with E-state index in [2.05, 4.69) is 10.1 Å². The second-order valence-electron chi connectivity index (χ2n) is 4.48. The molecule has 8 nitrogen and oxygen atoms in total. The average Bonchev–Trinajstić information content (AvgIpc) is 2.90. The van der Waals surface area contributed by atoms with E-state index in [1.165, 1.54) is 12.0 Å². The first-order valence-corrected chi connectivity index (χ1v) is 6.43. The van der Waals surface area contributed by atoms with Crippen molar-refractivity contribution in [2.75, 3.05) is 33.4 Å². The zero-order chi connectivity index (χ0) is 15.1. The molecule has 1 fully saturated rings. The molecule has 0 radical (unpaired) electrons. The molecule has 114 valence electrons. The number of aliphatic carboxylic acids is 1. The number of carboxylic acids is 1. The van der Waals surface area contributed by atoms with Gasteiger partial charge in [-0.1, -0.05) is 6.92 Å². The zero-order valence-corrected chi connectivity index (χ0v) is 11.6. The minimum Gasteiger partial charge on any atom is -0.481 e. The number of carboxylic acid groups (broad SMARTS) is 1. The molecule has 0 spiro atoms. The number of methoxy groups -OCH3 is 1. The number of nitrogens with one attached hydrogen (secondary N) is 1. The molecule has 1 rings (SSSR count). The maximum atomic E-state index is 12.1. The van der Waals surface area contributed by atoms with Crippen LogP contribution in [0.3, 0.4) is 0 Å². The van der Waals surface area contributed by atoms with E-state index in [1.807, 2.05) is 6.92 Å². The van der Waals surface area contributed by atoms with Gasteiger partial charge in [0.1, 0.15) is 12.5 Å². The molecule has 1 aliphatic heterocycles. The predicted molar refractivity (Wildman–Crippen MR) is 68.1 cm³/mol. The zero-order valence-electron chi connectivity index (χ0n) is 11.6. The molecule has 2 N–H and O–H groups in total. The van der Waals surface area contributed by atoms with Crippen LogP contribution < -0.4 is 5.32 Å². The quantitative estimate of drug-likeness (QED) is 0.649. The number of ether oxygens (including phenoxy) is 2. The Hall–Kier alpha value is -1.83. The molecule has 0 aliphatic carbocycles. The summed E-state index contributed by atoms with van der Waals surface area (Å²) in [5.41, 5.74) is 0. The van der Waals surface area contributed by atoms with Gasteiger partial charge in [0, 0.05) is 6.54 Å². The van der Waals surface area contributed by atoms with E-state index in [0.717, 1.165) is 0 Å². The minimum absolute atomic E-state index is 0.0878. The summed E-state index contributed by atoms with van der Waals surface area (Å²) in [6.45, 7) is 2.30. The van der Waals surface area contributed by atoms with Crippen molar-refractivity contribution >= 4 is 18.0 Å². The molecule has 0 aromatic heterocycles. The molecule has 0 aromatic carbocycles. The predicted octanol–water partition coefficient (Wildman–Crippen LogP) is -0.319. The normalized spacial score (nSPS) is 21.3. The number of carbonyl (C=O) groups is 3. The Morgan fingerprint density at radius 3 is 2.65 bits per heavy atom. The molecule has 0 bridgehead atoms. The highest BCUT2D eigenvalue weighted by Crippen LogP contribution is 2.20. The van der Waals surface area contributed by atoms with Crippen molar-refractivity contribution in [3.63, 3.8) is 0 Å². The van der Waals surface area contributed by atoms with Crippen LogP contribution in [-0.2, 0) is 19.1 Å². The Kier molecular flexibility index (Phi) is 6.23. The molecule has 20 heavy (non-hydrogen) atoms. The summed E-state index contributed by atoms with van der Waals surface area (Å²) in [7, 11) is 1.23. The number of hydrogen-bond donors (Lipinski definition) is 2. The smallest absolute Gasteiger partial charge is 0.325 e. The highest BCUT2D eigenvalue weighted by Gasteiger charge is 2.39. The van der Waals surface area contributed by atoms with Crippen molar-refractivity contribution < 1.29 is 29.0 Å². The highest BCUT2D eigenvalue weighted by atomic mass is 16.5. The van der Waals surface area contributed by atoms with Crippen molar-refractivity contribution in [3.05, 3.63) is 0 Å². The van der Waals surface area contributed by atoms with Crippen LogP contribution in [0, 0.1) is 5.92 Å². The Bertz CT molecular complexity index is 373. The number of hydrogen-bond acceptors (Lipinski definition) is 5. The molecule has 1 saturated heterocycles. The van der Waals surface area contributed by atoms with Crippen LogP contribution in [0.25, 0.3) is 0 Å². The third kappa shape index (κ3) is 4.09. The van der Waals surface area contributed by atoms with Crippen LogP contribution in [0.2, 0.25) is 0 Å². The lowest BCUT2D eigenvalue weighted by molar-refractivity contribution is -0.143. The maximum Gasteiger partial charge on any atom is 0.325 e. The van der Waals surface area contributed by atoms with Crippen LogP contribution in [-0.4, -0.2) is 67.4 Å². The first-order valence-electron chi connectivity index (χ1n) is 6.43. The molecule has 2 amide bonds. The monoisotopic (exact) mass is 288 g/mol. The van der Waals surface area contributed by atoms with Crippen LogP contribution in [0.1, 0.15) is 13.3 Å². The summed E-state index contributed by atoms with van der Waals surface area (Å²) < 4.78 is 9.60. The molecule has 0 aromatic rings. The molecular weight excluding hydrogens is 268 g/mol. The SMILES string of the molecule is CCCN(C(=O)NCC(=O)OC)C1COCC1C(=O)O. The largest absolute Gasteiger partial charge is 0.481 e. The van der Waals surface area contributed by atoms with Crippen LogP contribution >= 0.6 is 0 Å². The van der Waals surface area contributed by atoms with E-state index in [0.29, 0.717) is 13.0 Å². The Morgan fingerprint density at radius 2 is 2.10 bits per heavy atom. The highest BCUT2D eigenvalue weighted by molar-refractivity contribution is 5.81. The van der Waals surface area contributed by atoms with E-state index in [1.54, 1.807) is 0 Å². The van der Waals surface area contributed by atoms with Crippen LogP contribution in [0.4, 0.5) is 4.79 Å². The third-order valence-corrected chi connectivity index (χ3v) is 3.11. The van der Waals surface area contributed by atoms with Gasteiger partial charge in [-0.15, -0.1) is 0 Å². The van der Waals surface area contributed by atoms with Gasteiger partial charge in [0.15, 0.2) is 0 Å². The molecular formula is C12H20N2O6. The number of amides is 2. The van der Waals surface area contributed by atoms with E-state index in [-0.39, 0.29) is 19.8 Å². The van der Waals surface area contributed by atoms with Crippen molar-refractivity contribution in [3.8, 4) is 0 Å². The van der Waals surface area contributed by atoms with Crippen molar-refractivity contribution in [1.82, 2.24) is 10.2 Å². The van der Waals surface area contributed by atoms with Gasteiger partial charge < -0.3 is 24.8 Å². The fourth-order valence-electron chi connectivity index (χ4n) is 2.07. The number of nitrogens with zero attached hydrogens (tertiary/aromatic N) is 1. The van der Waals surface area contributed by atoms with E-state index < -0.39 is 29.9 Å². The van der Waals surface area contributed by atoms with Crippen molar-refractivity contribution in [2.45, 2.75) is 19.4 Å². The number of urea groups is 1. The number of esters is 1. The molecule has 1 aliphatic rings. The maximum absolute atomic E-state index is 12.1. The molecule has 1 heterocycles.